The molecule has 4 N–H and O–H groups in total. The van der Waals surface area contributed by atoms with E-state index in [1.165, 1.54) is 13.0 Å². The molecule has 1 rings (SSSR count). The van der Waals surface area contributed by atoms with Crippen molar-refractivity contribution in [1.82, 2.24) is 15.0 Å². The topological polar surface area (TPSA) is 207 Å². The lowest BCUT2D eigenvalue weighted by atomic mass is 10.3. The molecule has 0 saturated carbocycles. The van der Waals surface area contributed by atoms with Gasteiger partial charge in [0, 0.05) is 25.7 Å². The SMILES string of the molecule is CCOCCCOP(=O)(C/C=C(\COC(C)=O)COc1nc(N)nc(N)n1)OCOC(=O)OC(C)C. The average Bonchev–Trinajstić information content (AvgIpc) is 2.77. The normalized spacial score (nSPS) is 13.2. The number of carbonyl (C=O) groups is 2. The van der Waals surface area contributed by atoms with Gasteiger partial charge in [0.1, 0.15) is 13.2 Å². The van der Waals surface area contributed by atoms with Crippen LogP contribution in [-0.2, 0) is 37.4 Å². The largest absolute Gasteiger partial charge is 0.510 e. The van der Waals surface area contributed by atoms with Crippen LogP contribution in [0.2, 0.25) is 0 Å². The number of carbonyl (C=O) groups excluding carboxylic acids is 2. The van der Waals surface area contributed by atoms with Crippen LogP contribution < -0.4 is 16.2 Å². The van der Waals surface area contributed by atoms with E-state index in [2.05, 4.69) is 15.0 Å². The van der Waals surface area contributed by atoms with E-state index in [1.54, 1.807) is 13.8 Å². The minimum absolute atomic E-state index is 0.0563. The van der Waals surface area contributed by atoms with Crippen molar-refractivity contribution in [3.8, 4) is 6.01 Å². The maximum atomic E-state index is 13.3. The smallest absolute Gasteiger partial charge is 0.461 e. The predicted molar refractivity (Wildman–Crippen MR) is 127 cm³/mol. The van der Waals surface area contributed by atoms with Crippen molar-refractivity contribution in [2.24, 2.45) is 0 Å². The number of nitrogens with zero attached hydrogens (tertiary/aromatic N) is 3. The molecule has 0 aliphatic carbocycles. The van der Waals surface area contributed by atoms with Gasteiger partial charge in [-0.25, -0.2) is 4.79 Å². The van der Waals surface area contributed by atoms with Gasteiger partial charge in [0.25, 0.3) is 0 Å². The summed E-state index contributed by atoms with van der Waals surface area (Å²) in [6.45, 7) is 6.33. The van der Waals surface area contributed by atoms with Crippen molar-refractivity contribution in [2.45, 2.75) is 40.2 Å². The molecule has 0 saturated heterocycles. The van der Waals surface area contributed by atoms with E-state index in [0.29, 0.717) is 25.2 Å². The second-order valence-corrected chi connectivity index (χ2v) is 9.35. The van der Waals surface area contributed by atoms with E-state index >= 15 is 0 Å². The van der Waals surface area contributed by atoms with Gasteiger partial charge in [0.15, 0.2) is 0 Å². The first kappa shape index (κ1) is 31.0. The summed E-state index contributed by atoms with van der Waals surface area (Å²) in [6, 6.07) is -0.155. The molecule has 1 aromatic heterocycles. The standard InChI is InChI=1S/C20H34N5O10P/c1-5-29-8-6-9-33-36(28,34-13-32-20(27)35-14(2)3)10-7-16(11-30-15(4)26)12-31-19-24-17(21)23-18(22)25-19/h7,14H,5-6,8-13H2,1-4H3,(H4,21,22,23,24,25)/b16-7+. The zero-order valence-electron chi connectivity index (χ0n) is 20.8. The molecule has 0 fully saturated rings. The summed E-state index contributed by atoms with van der Waals surface area (Å²) in [5.41, 5.74) is 11.4. The number of aromatic nitrogens is 3. The number of ether oxygens (including phenoxy) is 5. The number of allylic oxidation sites excluding steroid dienone is 1. The Morgan fingerprint density at radius 1 is 1.03 bits per heavy atom. The van der Waals surface area contributed by atoms with E-state index in [4.69, 9.17) is 44.2 Å². The molecule has 0 radical (unpaired) electrons. The molecule has 1 aromatic rings. The molecule has 204 valence electrons. The highest BCUT2D eigenvalue weighted by atomic mass is 31.2. The number of esters is 1. The zero-order valence-corrected chi connectivity index (χ0v) is 21.7. The van der Waals surface area contributed by atoms with Crippen LogP contribution in [0.5, 0.6) is 6.01 Å². The summed E-state index contributed by atoms with van der Waals surface area (Å²) < 4.78 is 49.3. The van der Waals surface area contributed by atoms with Crippen LogP contribution in [-0.4, -0.2) is 79.2 Å². The minimum Gasteiger partial charge on any atom is -0.461 e. The Labute approximate surface area is 209 Å². The van der Waals surface area contributed by atoms with E-state index in [9.17, 15) is 14.2 Å². The lowest BCUT2D eigenvalue weighted by Crippen LogP contribution is -2.15. The monoisotopic (exact) mass is 535 g/mol. The van der Waals surface area contributed by atoms with Crippen LogP contribution in [0.25, 0.3) is 0 Å². The summed E-state index contributed by atoms with van der Waals surface area (Å²) in [7, 11) is -3.81. The van der Waals surface area contributed by atoms with Gasteiger partial charge >= 0.3 is 25.7 Å². The highest BCUT2D eigenvalue weighted by molar-refractivity contribution is 7.54. The number of anilines is 2. The summed E-state index contributed by atoms with van der Waals surface area (Å²) in [6.07, 6.45) is 0.259. The van der Waals surface area contributed by atoms with Gasteiger partial charge < -0.3 is 39.7 Å². The highest BCUT2D eigenvalue weighted by Crippen LogP contribution is 2.48. The summed E-state index contributed by atoms with van der Waals surface area (Å²) >= 11 is 0. The molecule has 36 heavy (non-hydrogen) atoms. The van der Waals surface area contributed by atoms with Crippen LogP contribution >= 0.6 is 7.60 Å². The molecule has 0 aliphatic heterocycles. The van der Waals surface area contributed by atoms with Crippen LogP contribution in [0.15, 0.2) is 11.6 Å². The number of rotatable bonds is 17. The van der Waals surface area contributed by atoms with Gasteiger partial charge in [0.05, 0.1) is 18.9 Å². The maximum absolute atomic E-state index is 13.3. The fourth-order valence-corrected chi connectivity index (χ4v) is 3.63. The molecule has 0 spiro atoms. The minimum atomic E-state index is -3.81. The Morgan fingerprint density at radius 3 is 2.33 bits per heavy atom. The fraction of sp³-hybridized carbons (Fsp3) is 0.650. The Kier molecular flexibility index (Phi) is 14.3. The van der Waals surface area contributed by atoms with Crippen molar-refractivity contribution in [3.63, 3.8) is 0 Å². The van der Waals surface area contributed by atoms with Crippen LogP contribution in [0.3, 0.4) is 0 Å². The highest BCUT2D eigenvalue weighted by Gasteiger charge is 2.25. The van der Waals surface area contributed by atoms with Crippen molar-refractivity contribution < 1.29 is 46.9 Å². The van der Waals surface area contributed by atoms with Crippen molar-refractivity contribution >= 4 is 31.6 Å². The first-order chi connectivity index (χ1) is 17.0. The number of hydrogen-bond donors (Lipinski definition) is 2. The zero-order chi connectivity index (χ0) is 27.0. The number of hydrogen-bond acceptors (Lipinski definition) is 15. The first-order valence-corrected chi connectivity index (χ1v) is 12.8. The molecule has 0 aliphatic rings. The van der Waals surface area contributed by atoms with Crippen molar-refractivity contribution in [1.29, 1.82) is 0 Å². The third-order valence-corrected chi connectivity index (χ3v) is 5.49. The first-order valence-electron chi connectivity index (χ1n) is 11.0. The quantitative estimate of drug-likeness (QED) is 0.0962. The molecule has 15 nitrogen and oxygen atoms in total. The van der Waals surface area contributed by atoms with Gasteiger partial charge in [0.2, 0.25) is 18.7 Å². The van der Waals surface area contributed by atoms with Gasteiger partial charge in [-0.2, -0.15) is 15.0 Å². The van der Waals surface area contributed by atoms with Crippen molar-refractivity contribution in [3.05, 3.63) is 11.6 Å². The molecule has 0 aromatic carbocycles. The van der Waals surface area contributed by atoms with E-state index in [0.717, 1.165) is 0 Å². The lowest BCUT2D eigenvalue weighted by Gasteiger charge is -2.18. The van der Waals surface area contributed by atoms with E-state index < -0.39 is 32.6 Å². The Bertz CT molecular complexity index is 895. The third kappa shape index (κ3) is 14.4. The Morgan fingerprint density at radius 2 is 1.72 bits per heavy atom. The molecule has 1 heterocycles. The molecule has 1 unspecified atom stereocenters. The van der Waals surface area contributed by atoms with Gasteiger partial charge in [-0.15, -0.1) is 0 Å². The lowest BCUT2D eigenvalue weighted by molar-refractivity contribution is -0.140. The van der Waals surface area contributed by atoms with E-state index in [-0.39, 0.29) is 43.9 Å². The number of nitrogen functional groups attached to an aromatic ring is 2. The molecule has 1 atom stereocenters. The van der Waals surface area contributed by atoms with Gasteiger partial charge in [-0.3, -0.25) is 13.9 Å². The van der Waals surface area contributed by atoms with Crippen LogP contribution in [0, 0.1) is 0 Å². The molecule has 0 bridgehead atoms. The predicted octanol–water partition coefficient (Wildman–Crippen LogP) is 2.08. The maximum Gasteiger partial charge on any atom is 0.510 e. The van der Waals surface area contributed by atoms with Gasteiger partial charge in [-0.05, 0) is 27.2 Å². The number of nitrogens with two attached hydrogens (primary N) is 2. The Hall–Kier alpha value is -3.00. The molecule has 16 heteroatoms. The average molecular weight is 535 g/mol. The summed E-state index contributed by atoms with van der Waals surface area (Å²) in [5, 5.41) is 0. The molecular formula is C20H34N5O10P. The van der Waals surface area contributed by atoms with Gasteiger partial charge in [-0.1, -0.05) is 6.08 Å². The molecule has 0 amide bonds. The van der Waals surface area contributed by atoms with Crippen LogP contribution in [0.1, 0.15) is 34.1 Å². The van der Waals surface area contributed by atoms with Crippen molar-refractivity contribution in [2.75, 3.05) is 57.5 Å². The molecular weight excluding hydrogens is 501 g/mol. The Balaban J connectivity index is 2.90. The van der Waals surface area contributed by atoms with Crippen LogP contribution in [0.4, 0.5) is 16.7 Å². The second-order valence-electron chi connectivity index (χ2n) is 7.25. The third-order valence-electron chi connectivity index (χ3n) is 3.78. The summed E-state index contributed by atoms with van der Waals surface area (Å²) in [4.78, 5) is 34.1. The fourth-order valence-electron chi connectivity index (χ4n) is 2.24. The summed E-state index contributed by atoms with van der Waals surface area (Å²) in [5.74, 6) is -0.826. The van der Waals surface area contributed by atoms with E-state index in [1.807, 2.05) is 6.92 Å². The second kappa shape index (κ2) is 16.6.